The normalized spacial score (nSPS) is 22.7. The molecule has 0 amide bonds. The second-order valence-electron chi connectivity index (χ2n) is 20.6. The van der Waals surface area contributed by atoms with Crippen LogP contribution in [0.25, 0.3) is 0 Å². The maximum absolute atomic E-state index is 14.7. The van der Waals surface area contributed by atoms with Crippen LogP contribution in [0.5, 0.6) is 0 Å². The molecule has 2 saturated heterocycles. The third-order valence-corrected chi connectivity index (χ3v) is 16.3. The summed E-state index contributed by atoms with van der Waals surface area (Å²) >= 11 is 0. The highest BCUT2D eigenvalue weighted by molar-refractivity contribution is 7.91. The first-order valence-corrected chi connectivity index (χ1v) is 29.8. The highest BCUT2D eigenvalue weighted by Gasteiger charge is 2.55. The Balaban J connectivity index is 1.08. The number of ether oxygens (including phenoxy) is 10. The molecule has 0 aliphatic carbocycles. The lowest BCUT2D eigenvalue weighted by Gasteiger charge is -2.50. The summed E-state index contributed by atoms with van der Waals surface area (Å²) in [6.07, 6.45) is -9.33. The molecule has 8 aromatic carbocycles. The predicted octanol–water partition coefficient (Wildman–Crippen LogP) is 11.5. The van der Waals surface area contributed by atoms with Crippen LogP contribution in [0.2, 0.25) is 0 Å². The summed E-state index contributed by atoms with van der Waals surface area (Å²) in [5.41, 5.74) is 6.72. The summed E-state index contributed by atoms with van der Waals surface area (Å²) in [6, 6.07) is 74.6. The van der Waals surface area contributed by atoms with Crippen LogP contribution in [0.4, 0.5) is 0 Å². The number of rotatable bonds is 29. The van der Waals surface area contributed by atoms with Gasteiger partial charge in [0, 0.05) is 5.56 Å². The van der Waals surface area contributed by atoms with Gasteiger partial charge in [0.15, 0.2) is 16.1 Å². The molecule has 10 rings (SSSR count). The molecule has 0 N–H and O–H groups in total. The van der Waals surface area contributed by atoms with E-state index in [1.165, 1.54) is 24.3 Å². The molecule has 10 atom stereocenters. The van der Waals surface area contributed by atoms with E-state index in [-0.39, 0.29) is 57.8 Å². The Kier molecular flexibility index (Phi) is 21.7. The number of hydrogen-bond acceptors (Lipinski definition) is 13. The van der Waals surface area contributed by atoms with Crippen molar-refractivity contribution in [3.63, 3.8) is 0 Å². The van der Waals surface area contributed by atoms with E-state index >= 15 is 0 Å². The van der Waals surface area contributed by atoms with Crippen LogP contribution in [0.1, 0.15) is 49.3 Å². The Labute approximate surface area is 486 Å². The topological polar surface area (TPSA) is 144 Å². The Morgan fingerprint density at radius 3 is 1.02 bits per heavy atom. The number of carbonyl (C=O) groups is 1. The lowest BCUT2D eigenvalue weighted by Crippen LogP contribution is -2.66. The average molecular weight is 1140 g/mol. The molecule has 2 heterocycles. The fraction of sp³-hybridized carbons (Fsp3) is 0.290. The van der Waals surface area contributed by atoms with Crippen LogP contribution in [-0.4, -0.2) is 94.9 Å². The van der Waals surface area contributed by atoms with Gasteiger partial charge in [-0.3, -0.25) is 4.79 Å². The molecule has 2 fully saturated rings. The van der Waals surface area contributed by atoms with Crippen molar-refractivity contribution in [1.29, 1.82) is 0 Å². The molecule has 2 aliphatic rings. The standard InChI is InChI=1S/C69H70O13S/c70-40-51-36-38-59(39-37-51)83(71,72)50-62-64(76-44-55-28-14-4-15-29-55)66(77-45-56-30-16-5-17-31-56)65(61(80-62)49-74-42-53-24-10-2-11-25-53)82-69-68(79-47-58-34-20-7-21-35-58)67(78-46-57-32-18-6-19-33-57)63(75-43-54-26-12-3-13-27-54)60(81-69)48-73-41-52-22-8-1-9-23-52/h1-40,60-69H,41-50H2/t60?,61?,62-,63+,64?,65+,66-,67+,68?,69-/m0/s1. The molecule has 430 valence electrons. The van der Waals surface area contributed by atoms with E-state index in [4.69, 9.17) is 47.4 Å². The molecule has 13 nitrogen and oxygen atoms in total. The van der Waals surface area contributed by atoms with E-state index in [9.17, 15) is 13.2 Å². The van der Waals surface area contributed by atoms with E-state index in [1.54, 1.807) is 0 Å². The minimum atomic E-state index is -4.12. The number of hydrogen-bond donors (Lipinski definition) is 0. The van der Waals surface area contributed by atoms with Crippen molar-refractivity contribution in [2.45, 2.75) is 112 Å². The third-order valence-electron chi connectivity index (χ3n) is 14.6. The van der Waals surface area contributed by atoms with Gasteiger partial charge in [0.25, 0.3) is 0 Å². The minimum absolute atomic E-state index is 0.0191. The number of benzene rings is 8. The Morgan fingerprint density at radius 1 is 0.337 bits per heavy atom. The largest absolute Gasteiger partial charge is 0.374 e. The summed E-state index contributed by atoms with van der Waals surface area (Å²) in [6.45, 7) is 1.24. The zero-order valence-electron chi connectivity index (χ0n) is 46.2. The van der Waals surface area contributed by atoms with Gasteiger partial charge in [0.1, 0.15) is 61.2 Å². The second-order valence-corrected chi connectivity index (χ2v) is 22.7. The van der Waals surface area contributed by atoms with Crippen molar-refractivity contribution >= 4 is 16.1 Å². The van der Waals surface area contributed by atoms with Gasteiger partial charge in [-0.15, -0.1) is 0 Å². The van der Waals surface area contributed by atoms with Gasteiger partial charge >= 0.3 is 0 Å². The molecule has 0 spiro atoms. The van der Waals surface area contributed by atoms with E-state index in [1.807, 2.05) is 212 Å². The Bertz CT molecular complexity index is 3240. The molecule has 8 aromatic rings. The van der Waals surface area contributed by atoms with Crippen molar-refractivity contribution in [2.75, 3.05) is 19.0 Å². The third kappa shape index (κ3) is 17.1. The predicted molar refractivity (Wildman–Crippen MR) is 313 cm³/mol. The van der Waals surface area contributed by atoms with Crippen LogP contribution in [0, 0.1) is 0 Å². The summed E-state index contributed by atoms with van der Waals surface area (Å²) in [4.78, 5) is 11.7. The van der Waals surface area contributed by atoms with Gasteiger partial charge in [-0.1, -0.05) is 224 Å². The van der Waals surface area contributed by atoms with Gasteiger partial charge in [-0.2, -0.15) is 0 Å². The molecule has 4 unspecified atom stereocenters. The van der Waals surface area contributed by atoms with Crippen molar-refractivity contribution in [3.8, 4) is 0 Å². The molecule has 83 heavy (non-hydrogen) atoms. The van der Waals surface area contributed by atoms with Crippen molar-refractivity contribution in [3.05, 3.63) is 281 Å². The molecule has 0 aromatic heterocycles. The number of aldehydes is 1. The van der Waals surface area contributed by atoms with E-state index in [0.29, 0.717) is 18.5 Å². The first-order chi connectivity index (χ1) is 40.8. The molecule has 0 saturated carbocycles. The summed E-state index contributed by atoms with van der Waals surface area (Å²) in [7, 11) is -4.12. The second kappa shape index (κ2) is 30.5. The molecular weight excluding hydrogens is 1070 g/mol. The summed E-state index contributed by atoms with van der Waals surface area (Å²) < 4.78 is 100.0. The first kappa shape index (κ1) is 59.2. The Morgan fingerprint density at radius 2 is 0.651 bits per heavy atom. The molecule has 2 aliphatic heterocycles. The summed E-state index contributed by atoms with van der Waals surface area (Å²) in [5, 5.41) is 0. The maximum Gasteiger partial charge on any atom is 0.187 e. The maximum atomic E-state index is 14.7. The van der Waals surface area contributed by atoms with Crippen molar-refractivity contribution in [2.24, 2.45) is 0 Å². The molecule has 0 radical (unpaired) electrons. The highest BCUT2D eigenvalue weighted by Crippen LogP contribution is 2.38. The van der Waals surface area contributed by atoms with Crippen LogP contribution < -0.4 is 0 Å². The van der Waals surface area contributed by atoms with Gasteiger partial charge in [-0.05, 0) is 51.1 Å². The zero-order chi connectivity index (χ0) is 56.9. The van der Waals surface area contributed by atoms with E-state index < -0.39 is 76.8 Å². The fourth-order valence-corrected chi connectivity index (χ4v) is 11.7. The van der Waals surface area contributed by atoms with Crippen LogP contribution >= 0.6 is 0 Å². The lowest BCUT2D eigenvalue weighted by atomic mass is 9.93. The van der Waals surface area contributed by atoms with Crippen LogP contribution in [0.3, 0.4) is 0 Å². The van der Waals surface area contributed by atoms with E-state index in [2.05, 4.69) is 0 Å². The zero-order valence-corrected chi connectivity index (χ0v) is 47.0. The number of sulfone groups is 1. The van der Waals surface area contributed by atoms with Crippen LogP contribution in [-0.2, 0) is 103 Å². The van der Waals surface area contributed by atoms with Gasteiger partial charge in [0.05, 0.1) is 70.1 Å². The van der Waals surface area contributed by atoms with Gasteiger partial charge < -0.3 is 47.4 Å². The van der Waals surface area contributed by atoms with Crippen molar-refractivity contribution in [1.82, 2.24) is 0 Å². The fourth-order valence-electron chi connectivity index (χ4n) is 10.3. The van der Waals surface area contributed by atoms with Crippen molar-refractivity contribution < 1.29 is 60.6 Å². The lowest BCUT2D eigenvalue weighted by molar-refractivity contribution is -0.362. The average Bonchev–Trinajstić information content (AvgIpc) is 3.73. The molecular formula is C69H70O13S. The SMILES string of the molecule is O=Cc1ccc(S(=O)(=O)C[C@@H]2OC(COCc3ccccc3)[C@@H](O[C@@H]3OC(COCc4ccccc4)[C@@H](OCc4ccccc4)[C@@H](OCc4ccccc4)C3OCc3ccccc3)[C@@H](OCc3ccccc3)C2OCc2ccccc2)cc1. The number of carbonyl (C=O) groups excluding carboxylic acids is 1. The quantitative estimate of drug-likeness (QED) is 0.0411. The minimum Gasteiger partial charge on any atom is -0.374 e. The van der Waals surface area contributed by atoms with E-state index in [0.717, 1.165) is 38.9 Å². The Hall–Kier alpha value is -7.02. The van der Waals surface area contributed by atoms with Gasteiger partial charge in [-0.25, -0.2) is 8.42 Å². The summed E-state index contributed by atoms with van der Waals surface area (Å²) in [5.74, 6) is -0.514. The van der Waals surface area contributed by atoms with Crippen LogP contribution in [0.15, 0.2) is 241 Å². The van der Waals surface area contributed by atoms with Gasteiger partial charge in [0.2, 0.25) is 0 Å². The monoisotopic (exact) mass is 1140 g/mol. The highest BCUT2D eigenvalue weighted by atomic mass is 32.2. The smallest absolute Gasteiger partial charge is 0.187 e. The first-order valence-electron chi connectivity index (χ1n) is 28.1. The molecule has 0 bridgehead atoms. The molecule has 14 heteroatoms.